The largest absolute Gasteiger partial charge is 0.473 e. The molecular formula is C19H23FN6O3S2. The average Bonchev–Trinajstić information content (AvgIpc) is 3.22. The van der Waals surface area contributed by atoms with E-state index in [1.54, 1.807) is 17.1 Å². The van der Waals surface area contributed by atoms with Gasteiger partial charge in [0, 0.05) is 17.1 Å². The first-order valence-electron chi connectivity index (χ1n) is 9.81. The zero-order valence-corrected chi connectivity index (χ0v) is 18.7. The number of anilines is 1. The first kappa shape index (κ1) is 21.9. The van der Waals surface area contributed by atoms with Gasteiger partial charge in [-0.1, -0.05) is 11.8 Å². The van der Waals surface area contributed by atoms with Crippen molar-refractivity contribution in [3.63, 3.8) is 0 Å². The monoisotopic (exact) mass is 466 g/mol. The molecule has 4 heterocycles. The number of amides is 1. The van der Waals surface area contributed by atoms with E-state index in [1.165, 1.54) is 30.7 Å². The van der Waals surface area contributed by atoms with Gasteiger partial charge in [-0.2, -0.15) is 0 Å². The lowest BCUT2D eigenvalue weighted by atomic mass is 9.80. The van der Waals surface area contributed by atoms with Gasteiger partial charge in [-0.25, -0.2) is 24.3 Å². The van der Waals surface area contributed by atoms with Gasteiger partial charge < -0.3 is 20.5 Å². The number of carbonyl (C=O) groups is 1. The minimum absolute atomic E-state index is 0.0948. The molecule has 12 heteroatoms. The van der Waals surface area contributed by atoms with E-state index in [4.69, 9.17) is 20.2 Å². The van der Waals surface area contributed by atoms with Gasteiger partial charge in [-0.3, -0.25) is 4.79 Å². The second-order valence-corrected chi connectivity index (χ2v) is 9.46. The Balaban J connectivity index is 1.47. The molecule has 9 nitrogen and oxygen atoms in total. The molecule has 31 heavy (non-hydrogen) atoms. The molecule has 2 aromatic rings. The van der Waals surface area contributed by atoms with E-state index in [9.17, 15) is 9.18 Å². The highest BCUT2D eigenvalue weighted by atomic mass is 32.2. The summed E-state index contributed by atoms with van der Waals surface area (Å²) in [6.45, 7) is 3.72. The highest BCUT2D eigenvalue weighted by Crippen LogP contribution is 2.47. The number of thiazole rings is 1. The lowest BCUT2D eigenvalue weighted by Crippen LogP contribution is -2.49. The molecule has 166 valence electrons. The standard InChI is InChI=1S/C19H23FN6O3S2/c1-10(20)6-28-15-5-22-13(4-23-15)16(27)24-14-8-30-17(25-14)19-9-29-11(2)3-12(19)7-31-18(21)26-19/h4-5,8,10-12H,3,6-7,9H2,1-2H3,(H2,21,26)(H,24,27)/t10-,11-,12-,19-/m0/s1. The van der Waals surface area contributed by atoms with Gasteiger partial charge >= 0.3 is 0 Å². The number of amidine groups is 1. The number of hydrogen-bond acceptors (Lipinski definition) is 10. The number of aliphatic imine (C=N–C) groups is 1. The molecule has 0 spiro atoms. The Labute approximate surface area is 187 Å². The van der Waals surface area contributed by atoms with Crippen LogP contribution in [0.25, 0.3) is 0 Å². The van der Waals surface area contributed by atoms with Gasteiger partial charge in [0.15, 0.2) is 5.17 Å². The number of rotatable bonds is 6. The van der Waals surface area contributed by atoms with Gasteiger partial charge in [-0.05, 0) is 20.3 Å². The van der Waals surface area contributed by atoms with Crippen LogP contribution in [0.1, 0.15) is 35.8 Å². The Morgan fingerprint density at radius 1 is 1.48 bits per heavy atom. The molecular weight excluding hydrogens is 443 g/mol. The van der Waals surface area contributed by atoms with Crippen molar-refractivity contribution in [1.29, 1.82) is 0 Å². The number of nitrogens with one attached hydrogen (secondary N) is 1. The van der Waals surface area contributed by atoms with Crippen LogP contribution in [0.5, 0.6) is 5.88 Å². The van der Waals surface area contributed by atoms with Gasteiger partial charge in [-0.15, -0.1) is 11.3 Å². The maximum absolute atomic E-state index is 12.9. The zero-order chi connectivity index (χ0) is 22.0. The molecule has 4 atom stereocenters. The third-order valence-electron chi connectivity index (χ3n) is 5.06. The minimum Gasteiger partial charge on any atom is -0.473 e. The number of aromatic nitrogens is 3. The highest BCUT2D eigenvalue weighted by molar-refractivity contribution is 8.13. The smallest absolute Gasteiger partial charge is 0.277 e. The van der Waals surface area contributed by atoms with Gasteiger partial charge in [0.05, 0.1) is 25.1 Å². The van der Waals surface area contributed by atoms with E-state index >= 15 is 0 Å². The zero-order valence-electron chi connectivity index (χ0n) is 17.1. The molecule has 3 N–H and O–H groups in total. The van der Waals surface area contributed by atoms with Gasteiger partial charge in [0.1, 0.15) is 34.8 Å². The number of carbonyl (C=O) groups excluding carboxylic acids is 1. The van der Waals surface area contributed by atoms with Gasteiger partial charge in [0.2, 0.25) is 5.88 Å². The summed E-state index contributed by atoms with van der Waals surface area (Å²) in [7, 11) is 0. The number of nitrogens with zero attached hydrogens (tertiary/aromatic N) is 4. The van der Waals surface area contributed by atoms with Crippen LogP contribution in [0.3, 0.4) is 0 Å². The molecule has 0 aliphatic carbocycles. The summed E-state index contributed by atoms with van der Waals surface area (Å²) in [5.74, 6) is 1.21. The fourth-order valence-corrected chi connectivity index (χ4v) is 5.47. The second-order valence-electron chi connectivity index (χ2n) is 7.56. The van der Waals surface area contributed by atoms with E-state index in [0.29, 0.717) is 17.6 Å². The van der Waals surface area contributed by atoms with Crippen LogP contribution in [0.4, 0.5) is 10.2 Å². The van der Waals surface area contributed by atoms with Gasteiger partial charge in [0.25, 0.3) is 5.91 Å². The van der Waals surface area contributed by atoms with Crippen molar-refractivity contribution in [1.82, 2.24) is 15.0 Å². The summed E-state index contributed by atoms with van der Waals surface area (Å²) >= 11 is 2.97. The summed E-state index contributed by atoms with van der Waals surface area (Å²) in [6.07, 6.45) is 2.46. The highest BCUT2D eigenvalue weighted by Gasteiger charge is 2.49. The minimum atomic E-state index is -1.12. The molecule has 1 saturated heterocycles. The summed E-state index contributed by atoms with van der Waals surface area (Å²) in [5.41, 5.74) is 5.50. The van der Waals surface area contributed by atoms with E-state index < -0.39 is 17.6 Å². The Bertz CT molecular complexity index is 970. The van der Waals surface area contributed by atoms with E-state index in [2.05, 4.69) is 27.2 Å². The van der Waals surface area contributed by atoms with Crippen LogP contribution in [0, 0.1) is 5.92 Å². The van der Waals surface area contributed by atoms with Crippen molar-refractivity contribution < 1.29 is 18.7 Å². The molecule has 2 aliphatic rings. The summed E-state index contributed by atoms with van der Waals surface area (Å²) in [6, 6.07) is 0. The number of hydrogen-bond donors (Lipinski definition) is 2. The van der Waals surface area contributed by atoms with Crippen molar-refractivity contribution in [2.24, 2.45) is 16.6 Å². The number of thioether (sulfide) groups is 1. The first-order valence-corrected chi connectivity index (χ1v) is 11.7. The van der Waals surface area contributed by atoms with Crippen LogP contribution in [0.15, 0.2) is 22.8 Å². The van der Waals surface area contributed by atoms with Crippen molar-refractivity contribution in [3.8, 4) is 5.88 Å². The maximum atomic E-state index is 12.9. The second kappa shape index (κ2) is 9.05. The van der Waals surface area contributed by atoms with E-state index in [-0.39, 0.29) is 30.2 Å². The quantitative estimate of drug-likeness (QED) is 0.666. The average molecular weight is 467 g/mol. The maximum Gasteiger partial charge on any atom is 0.277 e. The summed E-state index contributed by atoms with van der Waals surface area (Å²) < 4.78 is 23.9. The predicted molar refractivity (Wildman–Crippen MR) is 117 cm³/mol. The summed E-state index contributed by atoms with van der Waals surface area (Å²) in [4.78, 5) is 29.9. The van der Waals surface area contributed by atoms with Crippen molar-refractivity contribution in [3.05, 3.63) is 28.5 Å². The van der Waals surface area contributed by atoms with Crippen LogP contribution >= 0.6 is 23.1 Å². The fraction of sp³-hybridized carbons (Fsp3) is 0.526. The molecule has 2 aliphatic heterocycles. The van der Waals surface area contributed by atoms with Crippen LogP contribution < -0.4 is 15.8 Å². The van der Waals surface area contributed by atoms with Crippen molar-refractivity contribution in [2.75, 3.05) is 24.3 Å². The normalized spacial score (nSPS) is 26.5. The first-order chi connectivity index (χ1) is 14.9. The lowest BCUT2D eigenvalue weighted by molar-refractivity contribution is -0.0466. The molecule has 4 rings (SSSR count). The van der Waals surface area contributed by atoms with Crippen molar-refractivity contribution >= 4 is 40.0 Å². The third-order valence-corrected chi connectivity index (χ3v) is 7.02. The molecule has 0 unspecified atom stereocenters. The Hall–Kier alpha value is -2.31. The summed E-state index contributed by atoms with van der Waals surface area (Å²) in [5, 5.41) is 5.78. The number of fused-ring (bicyclic) bond motifs is 1. The SMILES string of the molecule is C[C@H](F)COc1cnc(C(=O)Nc2csc([C@]34CO[C@@H](C)C[C@H]3CSC(N)=N4)n2)cn1. The van der Waals surface area contributed by atoms with Crippen LogP contribution in [0.2, 0.25) is 0 Å². The fourth-order valence-electron chi connectivity index (χ4n) is 3.50. The molecule has 1 amide bonds. The Morgan fingerprint density at radius 3 is 3.06 bits per heavy atom. The Kier molecular flexibility index (Phi) is 6.39. The predicted octanol–water partition coefficient (Wildman–Crippen LogP) is 2.60. The molecule has 1 fully saturated rings. The lowest BCUT2D eigenvalue weighted by Gasteiger charge is -2.44. The molecule has 0 saturated carbocycles. The molecule has 0 radical (unpaired) electrons. The third kappa shape index (κ3) is 4.80. The number of halogens is 1. The van der Waals surface area contributed by atoms with E-state index in [0.717, 1.165) is 17.2 Å². The van der Waals surface area contributed by atoms with Crippen LogP contribution in [-0.2, 0) is 10.3 Å². The number of nitrogens with two attached hydrogens (primary N) is 1. The Morgan fingerprint density at radius 2 is 2.32 bits per heavy atom. The topological polar surface area (TPSA) is 125 Å². The molecule has 2 aromatic heterocycles. The van der Waals surface area contributed by atoms with E-state index in [1.807, 2.05) is 0 Å². The van der Waals surface area contributed by atoms with Crippen molar-refractivity contribution in [2.45, 2.75) is 38.1 Å². The number of ether oxygens (including phenoxy) is 2. The molecule has 0 aromatic carbocycles. The van der Waals surface area contributed by atoms with Crippen LogP contribution in [-0.4, -0.2) is 57.3 Å². The number of alkyl halides is 1. The molecule has 0 bridgehead atoms.